The zero-order chi connectivity index (χ0) is 20.4. The molecule has 2 rings (SSSR count). The third-order valence-corrected chi connectivity index (χ3v) is 3.97. The van der Waals surface area contributed by atoms with Crippen molar-refractivity contribution in [1.29, 1.82) is 0 Å². The van der Waals surface area contributed by atoms with Crippen LogP contribution in [0.25, 0.3) is 11.4 Å². The molecule has 0 aliphatic heterocycles. The molecule has 0 spiro atoms. The Balaban J connectivity index is 1.66. The summed E-state index contributed by atoms with van der Waals surface area (Å²) in [5, 5.41) is 3.09. The molecule has 0 saturated heterocycles. The number of nitrogens with zero attached hydrogens (tertiary/aromatic N) is 3. The van der Waals surface area contributed by atoms with Crippen molar-refractivity contribution >= 4 is 23.8 Å². The van der Waals surface area contributed by atoms with E-state index in [1.165, 1.54) is 11.8 Å². The van der Waals surface area contributed by atoms with Crippen LogP contribution in [0.15, 0.2) is 41.8 Å². The summed E-state index contributed by atoms with van der Waals surface area (Å²) in [4.78, 5) is 36.1. The topological polar surface area (TPSA) is 103 Å². The van der Waals surface area contributed by atoms with E-state index in [0.717, 1.165) is 5.69 Å². The molecule has 1 N–H and O–H groups in total. The van der Waals surface area contributed by atoms with Crippen LogP contribution in [0.2, 0.25) is 0 Å². The number of esters is 1. The number of alkyl carbamates (subject to hydrolysis) is 1. The first kappa shape index (κ1) is 21.6. The van der Waals surface area contributed by atoms with Crippen LogP contribution in [0, 0.1) is 0 Å². The summed E-state index contributed by atoms with van der Waals surface area (Å²) in [5.74, 6) is -0.264. The largest absolute Gasteiger partial charge is 0.465 e. The first-order chi connectivity index (χ1) is 13.3. The molecule has 0 fully saturated rings. The van der Waals surface area contributed by atoms with Gasteiger partial charge < -0.3 is 14.8 Å². The molecule has 150 valence electrons. The lowest BCUT2D eigenvalue weighted by Crippen LogP contribution is -2.33. The Labute approximate surface area is 168 Å². The second kappa shape index (κ2) is 10.6. The second-order valence-electron chi connectivity index (χ2n) is 6.73. The molecule has 2 heterocycles. The van der Waals surface area contributed by atoms with E-state index in [1.54, 1.807) is 39.2 Å². The Morgan fingerprint density at radius 1 is 1.11 bits per heavy atom. The number of hydrogen-bond donors (Lipinski definition) is 1. The van der Waals surface area contributed by atoms with Crippen LogP contribution in [0.1, 0.15) is 27.2 Å². The van der Waals surface area contributed by atoms with E-state index < -0.39 is 11.7 Å². The van der Waals surface area contributed by atoms with Crippen LogP contribution in [0.3, 0.4) is 0 Å². The van der Waals surface area contributed by atoms with Gasteiger partial charge in [-0.25, -0.2) is 14.8 Å². The minimum Gasteiger partial charge on any atom is -0.465 e. The molecule has 1 amide bonds. The van der Waals surface area contributed by atoms with Gasteiger partial charge in [-0.05, 0) is 45.4 Å². The van der Waals surface area contributed by atoms with Crippen molar-refractivity contribution in [3.63, 3.8) is 0 Å². The molecule has 28 heavy (non-hydrogen) atoms. The molecule has 0 saturated carbocycles. The highest BCUT2D eigenvalue weighted by Gasteiger charge is 2.15. The first-order valence-electron chi connectivity index (χ1n) is 8.83. The van der Waals surface area contributed by atoms with Gasteiger partial charge in [-0.3, -0.25) is 9.78 Å². The van der Waals surface area contributed by atoms with Gasteiger partial charge in [0.05, 0.1) is 23.7 Å². The summed E-state index contributed by atoms with van der Waals surface area (Å²) in [7, 11) is 0. The van der Waals surface area contributed by atoms with Gasteiger partial charge in [0.15, 0.2) is 5.16 Å². The van der Waals surface area contributed by atoms with Gasteiger partial charge in [-0.15, -0.1) is 0 Å². The summed E-state index contributed by atoms with van der Waals surface area (Å²) >= 11 is 1.20. The Kier molecular flexibility index (Phi) is 8.19. The van der Waals surface area contributed by atoms with Crippen LogP contribution in [0.5, 0.6) is 0 Å². The highest BCUT2D eigenvalue weighted by Crippen LogP contribution is 2.18. The fourth-order valence-electron chi connectivity index (χ4n) is 2.00. The van der Waals surface area contributed by atoms with Gasteiger partial charge >= 0.3 is 12.1 Å². The molecule has 0 radical (unpaired) electrons. The van der Waals surface area contributed by atoms with E-state index in [1.807, 2.05) is 18.2 Å². The quantitative estimate of drug-likeness (QED) is 0.310. The van der Waals surface area contributed by atoms with Crippen molar-refractivity contribution in [2.24, 2.45) is 0 Å². The lowest BCUT2D eigenvalue weighted by molar-refractivity contribution is -0.140. The van der Waals surface area contributed by atoms with Gasteiger partial charge in [0.1, 0.15) is 5.60 Å². The number of carbonyl (C=O) groups is 2. The Morgan fingerprint density at radius 2 is 1.93 bits per heavy atom. The summed E-state index contributed by atoms with van der Waals surface area (Å²) in [6, 6.07) is 7.34. The molecule has 8 nitrogen and oxygen atoms in total. The van der Waals surface area contributed by atoms with Crippen LogP contribution in [0.4, 0.5) is 4.79 Å². The van der Waals surface area contributed by atoms with Crippen molar-refractivity contribution in [2.45, 2.75) is 37.9 Å². The monoisotopic (exact) mass is 404 g/mol. The van der Waals surface area contributed by atoms with Crippen molar-refractivity contribution in [1.82, 2.24) is 20.3 Å². The zero-order valence-electron chi connectivity index (χ0n) is 16.2. The van der Waals surface area contributed by atoms with E-state index in [2.05, 4.69) is 20.3 Å². The number of carbonyl (C=O) groups excluding carboxylic acids is 2. The number of aromatic nitrogens is 3. The van der Waals surface area contributed by atoms with Crippen LogP contribution < -0.4 is 5.32 Å². The van der Waals surface area contributed by atoms with Gasteiger partial charge in [0, 0.05) is 18.9 Å². The third kappa shape index (κ3) is 8.34. The van der Waals surface area contributed by atoms with Gasteiger partial charge in [-0.1, -0.05) is 17.8 Å². The summed E-state index contributed by atoms with van der Waals surface area (Å²) in [5.41, 5.74) is 0.899. The lowest BCUT2D eigenvalue weighted by Gasteiger charge is -2.19. The van der Waals surface area contributed by atoms with Gasteiger partial charge in [0.2, 0.25) is 0 Å². The van der Waals surface area contributed by atoms with E-state index in [9.17, 15) is 9.59 Å². The predicted molar refractivity (Wildman–Crippen MR) is 106 cm³/mol. The fraction of sp³-hybridized carbons (Fsp3) is 0.421. The molecule has 0 bridgehead atoms. The maximum Gasteiger partial charge on any atom is 0.407 e. The van der Waals surface area contributed by atoms with Crippen LogP contribution in [-0.4, -0.2) is 51.5 Å². The standard InChI is InChI=1S/C19H24N4O4S/c1-19(2,3)27-18(25)22-10-6-12-26-16(24)13-28-17-21-11-8-15(23-17)14-7-4-5-9-20-14/h4-5,7-9,11H,6,10,12-13H2,1-3H3,(H,22,25). The van der Waals surface area contributed by atoms with Crippen LogP contribution >= 0.6 is 11.8 Å². The zero-order valence-corrected chi connectivity index (χ0v) is 17.0. The molecule has 0 aliphatic carbocycles. The molecule has 2 aromatic rings. The number of amides is 1. The minimum absolute atomic E-state index is 0.102. The second-order valence-corrected chi connectivity index (χ2v) is 7.67. The van der Waals surface area contributed by atoms with E-state index in [-0.39, 0.29) is 18.3 Å². The molecule has 0 aromatic carbocycles. The maximum absolute atomic E-state index is 11.8. The first-order valence-corrected chi connectivity index (χ1v) is 9.82. The summed E-state index contributed by atoms with van der Waals surface area (Å²) in [6.07, 6.45) is 3.34. The Hall–Kier alpha value is -2.68. The maximum atomic E-state index is 11.8. The average Bonchev–Trinajstić information content (AvgIpc) is 2.65. The van der Waals surface area contributed by atoms with Crippen molar-refractivity contribution in [3.8, 4) is 11.4 Å². The van der Waals surface area contributed by atoms with Crippen LogP contribution in [-0.2, 0) is 14.3 Å². The molecule has 0 unspecified atom stereocenters. The smallest absolute Gasteiger partial charge is 0.407 e. The minimum atomic E-state index is -0.538. The predicted octanol–water partition coefficient (Wildman–Crippen LogP) is 3.09. The van der Waals surface area contributed by atoms with Gasteiger partial charge in [-0.2, -0.15) is 0 Å². The molecular weight excluding hydrogens is 380 g/mol. The molecule has 0 aliphatic rings. The van der Waals surface area contributed by atoms with E-state index >= 15 is 0 Å². The third-order valence-electron chi connectivity index (χ3n) is 3.13. The number of rotatable bonds is 8. The number of pyridine rings is 1. The molecule has 2 aromatic heterocycles. The van der Waals surface area contributed by atoms with Crippen molar-refractivity contribution < 1.29 is 19.1 Å². The van der Waals surface area contributed by atoms with Crippen molar-refractivity contribution in [3.05, 3.63) is 36.7 Å². The number of ether oxygens (including phenoxy) is 2. The SMILES string of the molecule is CC(C)(C)OC(=O)NCCCOC(=O)CSc1nccc(-c2ccccn2)n1. The molecule has 0 atom stereocenters. The summed E-state index contributed by atoms with van der Waals surface area (Å²) in [6.45, 7) is 5.96. The number of thioether (sulfide) groups is 1. The van der Waals surface area contributed by atoms with Gasteiger partial charge in [0.25, 0.3) is 0 Å². The normalized spacial score (nSPS) is 11.0. The molecule has 9 heteroatoms. The number of nitrogens with one attached hydrogen (secondary N) is 1. The fourth-order valence-corrected chi connectivity index (χ4v) is 2.62. The van der Waals surface area contributed by atoms with Crippen molar-refractivity contribution in [2.75, 3.05) is 18.9 Å². The Morgan fingerprint density at radius 3 is 2.64 bits per heavy atom. The highest BCUT2D eigenvalue weighted by molar-refractivity contribution is 7.99. The highest BCUT2D eigenvalue weighted by atomic mass is 32.2. The summed E-state index contributed by atoms with van der Waals surface area (Å²) < 4.78 is 10.3. The molecular formula is C19H24N4O4S. The van der Waals surface area contributed by atoms with E-state index in [4.69, 9.17) is 9.47 Å². The number of hydrogen-bond acceptors (Lipinski definition) is 8. The lowest BCUT2D eigenvalue weighted by atomic mass is 10.2. The Bertz CT molecular complexity index is 781. The average molecular weight is 404 g/mol. The van der Waals surface area contributed by atoms with E-state index in [0.29, 0.717) is 23.8 Å².